The minimum atomic E-state index is -0.00716. The summed E-state index contributed by atoms with van der Waals surface area (Å²) >= 11 is 0. The largest absolute Gasteiger partial charge is 0.324 e. The van der Waals surface area contributed by atoms with E-state index in [1.807, 2.05) is 42.3 Å². The van der Waals surface area contributed by atoms with E-state index < -0.39 is 0 Å². The lowest BCUT2D eigenvalue weighted by molar-refractivity contribution is 0.154. The molecule has 0 heterocycles. The molecular weight excluding hydrogens is 346 g/mol. The Labute approximate surface area is 168 Å². The summed E-state index contributed by atoms with van der Waals surface area (Å²) in [6.45, 7) is 3.72. The van der Waals surface area contributed by atoms with Crippen LogP contribution >= 0.6 is 0 Å². The average Bonchev–Trinajstić information content (AvgIpc) is 2.77. The third-order valence-corrected chi connectivity index (χ3v) is 5.48. The van der Waals surface area contributed by atoms with Crippen LogP contribution in [-0.2, 0) is 0 Å². The molecule has 0 radical (unpaired) electrons. The van der Waals surface area contributed by atoms with Crippen LogP contribution in [0.5, 0.6) is 0 Å². The molecule has 0 atom stereocenters. The number of rotatable bonds is 5. The monoisotopic (exact) mass is 375 g/mol. The van der Waals surface area contributed by atoms with Gasteiger partial charge in [-0.3, -0.25) is 4.99 Å². The Balaban J connectivity index is 1.79. The van der Waals surface area contributed by atoms with E-state index in [0.717, 1.165) is 29.5 Å². The fourth-order valence-corrected chi connectivity index (χ4v) is 3.81. The van der Waals surface area contributed by atoms with Gasteiger partial charge >= 0.3 is 6.03 Å². The first-order valence-corrected chi connectivity index (χ1v) is 9.94. The third kappa shape index (κ3) is 4.69. The number of carbonyl (C=O) groups excluding carboxylic acids is 1. The van der Waals surface area contributed by atoms with Crippen LogP contribution in [-0.4, -0.2) is 42.7 Å². The van der Waals surface area contributed by atoms with Gasteiger partial charge in [0.25, 0.3) is 0 Å². The van der Waals surface area contributed by atoms with Crippen molar-refractivity contribution in [1.82, 2.24) is 9.80 Å². The highest BCUT2D eigenvalue weighted by molar-refractivity contribution is 5.79. The highest BCUT2D eigenvalue weighted by atomic mass is 16.2. The maximum absolute atomic E-state index is 12.9. The van der Waals surface area contributed by atoms with Crippen molar-refractivity contribution in [2.75, 3.05) is 14.1 Å². The molecule has 1 aliphatic carbocycles. The van der Waals surface area contributed by atoms with E-state index in [2.05, 4.69) is 36.0 Å². The van der Waals surface area contributed by atoms with E-state index in [9.17, 15) is 4.79 Å². The van der Waals surface area contributed by atoms with Gasteiger partial charge in [-0.15, -0.1) is 0 Å². The fourth-order valence-electron chi connectivity index (χ4n) is 3.81. The van der Waals surface area contributed by atoms with Crippen LogP contribution in [0.4, 0.5) is 4.79 Å². The van der Waals surface area contributed by atoms with Crippen molar-refractivity contribution in [2.24, 2.45) is 4.99 Å². The molecular formula is C24H29N3O. The summed E-state index contributed by atoms with van der Waals surface area (Å²) in [5.41, 5.74) is 3.89. The lowest BCUT2D eigenvalue weighted by Gasteiger charge is -2.33. The maximum Gasteiger partial charge on any atom is 0.323 e. The molecule has 0 aliphatic heterocycles. The van der Waals surface area contributed by atoms with Crippen molar-refractivity contribution in [3.63, 3.8) is 0 Å². The second kappa shape index (κ2) is 9.36. The number of nitrogens with zero attached hydrogens (tertiary/aromatic N) is 3. The molecule has 2 aromatic carbocycles. The zero-order chi connectivity index (χ0) is 19.9. The molecule has 4 heteroatoms. The van der Waals surface area contributed by atoms with Gasteiger partial charge in [0.1, 0.15) is 0 Å². The lowest BCUT2D eigenvalue weighted by Crippen LogP contribution is -2.43. The average molecular weight is 376 g/mol. The molecule has 2 amide bonds. The predicted octanol–water partition coefficient (Wildman–Crippen LogP) is 5.67. The normalized spacial score (nSPS) is 15.1. The van der Waals surface area contributed by atoms with Gasteiger partial charge in [0.15, 0.2) is 0 Å². The van der Waals surface area contributed by atoms with Crippen molar-refractivity contribution in [2.45, 2.75) is 38.1 Å². The summed E-state index contributed by atoms with van der Waals surface area (Å²) in [5, 5.41) is 0. The molecule has 1 aliphatic rings. The zero-order valence-electron chi connectivity index (χ0n) is 16.8. The van der Waals surface area contributed by atoms with Gasteiger partial charge < -0.3 is 9.80 Å². The fraction of sp³-hybridized carbons (Fsp3) is 0.333. The standard InChI is InChI=1S/C24H29N3O/c1-25-23(18-26(2)24(28)27(3)22-15-8-5-9-16-22)21-14-10-13-20(17-21)19-11-6-4-7-12-19/h4,6-7,10-14,17-18,22H,1,5,8-9,15-16H2,2-3H3. The molecule has 0 N–H and O–H groups in total. The molecule has 4 nitrogen and oxygen atoms in total. The Hall–Kier alpha value is -2.88. The number of hydrogen-bond donors (Lipinski definition) is 0. The van der Waals surface area contributed by atoms with E-state index in [1.165, 1.54) is 19.3 Å². The summed E-state index contributed by atoms with van der Waals surface area (Å²) in [4.78, 5) is 20.5. The molecule has 1 saturated carbocycles. The molecule has 0 saturated heterocycles. The Morgan fingerprint density at radius 3 is 2.36 bits per heavy atom. The molecule has 0 aromatic heterocycles. The van der Waals surface area contributed by atoms with Gasteiger partial charge in [0.05, 0.1) is 5.70 Å². The number of hydrogen-bond acceptors (Lipinski definition) is 2. The Kier molecular flexibility index (Phi) is 6.64. The Morgan fingerprint density at radius 1 is 1.00 bits per heavy atom. The van der Waals surface area contributed by atoms with Crippen molar-refractivity contribution < 1.29 is 4.79 Å². The number of amides is 2. The van der Waals surface area contributed by atoms with E-state index in [0.29, 0.717) is 11.7 Å². The maximum atomic E-state index is 12.9. The second-order valence-corrected chi connectivity index (χ2v) is 7.42. The zero-order valence-corrected chi connectivity index (χ0v) is 16.8. The van der Waals surface area contributed by atoms with Crippen molar-refractivity contribution in [3.8, 4) is 11.1 Å². The van der Waals surface area contributed by atoms with Crippen molar-refractivity contribution in [1.29, 1.82) is 0 Å². The number of carbonyl (C=O) groups is 1. The van der Waals surface area contributed by atoms with Gasteiger partial charge in [0, 0.05) is 31.9 Å². The summed E-state index contributed by atoms with van der Waals surface area (Å²) in [5.74, 6) is 0. The molecule has 1 fully saturated rings. The minimum Gasteiger partial charge on any atom is -0.324 e. The summed E-state index contributed by atoms with van der Waals surface area (Å²) in [6.07, 6.45) is 7.63. The van der Waals surface area contributed by atoms with Crippen LogP contribution in [0.1, 0.15) is 37.7 Å². The first-order chi connectivity index (χ1) is 13.6. The van der Waals surface area contributed by atoms with Crippen molar-refractivity contribution >= 4 is 18.4 Å². The van der Waals surface area contributed by atoms with E-state index in [4.69, 9.17) is 0 Å². The quantitative estimate of drug-likeness (QED) is 0.620. The minimum absolute atomic E-state index is 0.00716. The van der Waals surface area contributed by atoms with Crippen LogP contribution in [0.2, 0.25) is 0 Å². The first-order valence-electron chi connectivity index (χ1n) is 9.94. The number of aliphatic imine (C=N–C) groups is 1. The summed E-state index contributed by atoms with van der Waals surface area (Å²) in [7, 11) is 3.69. The van der Waals surface area contributed by atoms with Crippen LogP contribution < -0.4 is 0 Å². The Morgan fingerprint density at radius 2 is 1.68 bits per heavy atom. The van der Waals surface area contributed by atoms with Crippen LogP contribution in [0, 0.1) is 0 Å². The second-order valence-electron chi connectivity index (χ2n) is 7.42. The van der Waals surface area contributed by atoms with Crippen LogP contribution in [0.15, 0.2) is 65.8 Å². The predicted molar refractivity (Wildman–Crippen MR) is 117 cm³/mol. The van der Waals surface area contributed by atoms with Gasteiger partial charge in [-0.2, -0.15) is 0 Å². The van der Waals surface area contributed by atoms with Gasteiger partial charge in [-0.05, 0) is 36.8 Å². The van der Waals surface area contributed by atoms with Crippen LogP contribution in [0.25, 0.3) is 16.8 Å². The van der Waals surface area contributed by atoms with E-state index in [1.54, 1.807) is 18.1 Å². The molecule has 0 unspecified atom stereocenters. The molecule has 0 bridgehead atoms. The van der Waals surface area contributed by atoms with E-state index in [-0.39, 0.29) is 6.03 Å². The summed E-state index contributed by atoms with van der Waals surface area (Å²) < 4.78 is 0. The number of urea groups is 1. The molecule has 0 spiro atoms. The number of benzene rings is 2. The van der Waals surface area contributed by atoms with E-state index >= 15 is 0 Å². The molecule has 2 aromatic rings. The highest BCUT2D eigenvalue weighted by Crippen LogP contribution is 2.25. The smallest absolute Gasteiger partial charge is 0.323 e. The van der Waals surface area contributed by atoms with Gasteiger partial charge in [0.2, 0.25) is 0 Å². The molecule has 28 heavy (non-hydrogen) atoms. The molecule has 146 valence electrons. The lowest BCUT2D eigenvalue weighted by atomic mass is 9.95. The molecule has 3 rings (SSSR count). The van der Waals surface area contributed by atoms with Gasteiger partial charge in [-0.25, -0.2) is 4.79 Å². The topological polar surface area (TPSA) is 35.9 Å². The van der Waals surface area contributed by atoms with Crippen molar-refractivity contribution in [3.05, 3.63) is 66.4 Å². The van der Waals surface area contributed by atoms with Crippen LogP contribution in [0.3, 0.4) is 0 Å². The summed E-state index contributed by atoms with van der Waals surface area (Å²) in [6, 6.07) is 18.7. The Bertz CT molecular complexity index is 838. The first kappa shape index (κ1) is 19.9. The van der Waals surface area contributed by atoms with Gasteiger partial charge in [-0.1, -0.05) is 67.8 Å². The third-order valence-electron chi connectivity index (χ3n) is 5.48. The highest BCUT2D eigenvalue weighted by Gasteiger charge is 2.24. The SMILES string of the molecule is C=NC(=CN(C)C(=O)N(C)C1CCCCC1)c1cccc(-c2ccccc2)c1.